The summed E-state index contributed by atoms with van der Waals surface area (Å²) in [6, 6.07) is 0. The first-order valence-corrected chi connectivity index (χ1v) is 8.88. The lowest BCUT2D eigenvalue weighted by atomic mass is 10.0. The van der Waals surface area contributed by atoms with Gasteiger partial charge in [-0.25, -0.2) is 0 Å². The number of hydrogen-bond acceptors (Lipinski definition) is 3. The SMILES string of the molecule is CCOCCC1(CNC(=NC)NCCCOCC2CC2)CC1.I. The summed E-state index contributed by atoms with van der Waals surface area (Å²) >= 11 is 0. The second-order valence-corrected chi connectivity index (χ2v) is 6.67. The monoisotopic (exact) mass is 439 g/mol. The number of aliphatic imine (C=N–C) groups is 1. The van der Waals surface area contributed by atoms with E-state index in [9.17, 15) is 0 Å². The highest BCUT2D eigenvalue weighted by Gasteiger charge is 2.41. The van der Waals surface area contributed by atoms with Gasteiger partial charge in [-0.15, -0.1) is 24.0 Å². The molecule has 23 heavy (non-hydrogen) atoms. The van der Waals surface area contributed by atoms with Gasteiger partial charge >= 0.3 is 0 Å². The van der Waals surface area contributed by atoms with Crippen LogP contribution in [0.5, 0.6) is 0 Å². The molecule has 5 nitrogen and oxygen atoms in total. The van der Waals surface area contributed by atoms with Gasteiger partial charge in [0.05, 0.1) is 0 Å². The second kappa shape index (κ2) is 11.5. The van der Waals surface area contributed by atoms with Gasteiger partial charge in [0, 0.05) is 46.6 Å². The Balaban J connectivity index is 0.00000264. The number of nitrogens with zero attached hydrogens (tertiary/aromatic N) is 1. The lowest BCUT2D eigenvalue weighted by Gasteiger charge is -2.18. The zero-order chi connectivity index (χ0) is 15.7. The predicted octanol–water partition coefficient (Wildman–Crippen LogP) is 2.79. The summed E-state index contributed by atoms with van der Waals surface area (Å²) in [5, 5.41) is 6.83. The van der Waals surface area contributed by atoms with E-state index in [0.29, 0.717) is 5.41 Å². The van der Waals surface area contributed by atoms with Crippen LogP contribution in [0.25, 0.3) is 0 Å². The molecule has 0 aromatic heterocycles. The van der Waals surface area contributed by atoms with E-state index < -0.39 is 0 Å². The average molecular weight is 439 g/mol. The van der Waals surface area contributed by atoms with Crippen molar-refractivity contribution in [3.05, 3.63) is 0 Å². The fraction of sp³-hybridized carbons (Fsp3) is 0.941. The third kappa shape index (κ3) is 9.10. The zero-order valence-electron chi connectivity index (χ0n) is 14.7. The molecule has 2 saturated carbocycles. The molecule has 0 atom stereocenters. The standard InChI is InChI=1S/C17H33N3O2.HI/c1-3-21-12-9-17(7-8-17)14-20-16(18-2)19-10-4-11-22-13-15-5-6-15;/h15H,3-14H2,1-2H3,(H2,18,19,20);1H. The summed E-state index contributed by atoms with van der Waals surface area (Å²) in [7, 11) is 1.83. The van der Waals surface area contributed by atoms with E-state index in [1.54, 1.807) is 0 Å². The van der Waals surface area contributed by atoms with Gasteiger partial charge in [0.2, 0.25) is 0 Å². The van der Waals surface area contributed by atoms with Gasteiger partial charge in [0.25, 0.3) is 0 Å². The first-order chi connectivity index (χ1) is 10.8. The van der Waals surface area contributed by atoms with E-state index >= 15 is 0 Å². The van der Waals surface area contributed by atoms with Gasteiger partial charge < -0.3 is 20.1 Å². The minimum Gasteiger partial charge on any atom is -0.382 e. The van der Waals surface area contributed by atoms with Crippen LogP contribution in [0.15, 0.2) is 4.99 Å². The Hall–Kier alpha value is -0.0800. The molecule has 6 heteroatoms. The van der Waals surface area contributed by atoms with Crippen molar-refractivity contribution in [1.29, 1.82) is 0 Å². The molecule has 0 radical (unpaired) electrons. The smallest absolute Gasteiger partial charge is 0.190 e. The Labute approximate surface area is 158 Å². The molecule has 0 saturated heterocycles. The molecule has 2 aliphatic carbocycles. The molecule has 0 amide bonds. The van der Waals surface area contributed by atoms with E-state index in [2.05, 4.69) is 22.5 Å². The average Bonchev–Trinajstić information content (AvgIpc) is 3.43. The molecule has 2 N–H and O–H groups in total. The minimum absolute atomic E-state index is 0. The van der Waals surface area contributed by atoms with Crippen LogP contribution in [-0.2, 0) is 9.47 Å². The molecule has 0 heterocycles. The molecule has 0 aromatic carbocycles. The number of hydrogen-bond donors (Lipinski definition) is 2. The fourth-order valence-electron chi connectivity index (χ4n) is 2.53. The number of halogens is 1. The third-order valence-corrected chi connectivity index (χ3v) is 4.60. The third-order valence-electron chi connectivity index (χ3n) is 4.60. The van der Waals surface area contributed by atoms with E-state index in [-0.39, 0.29) is 24.0 Å². The largest absolute Gasteiger partial charge is 0.382 e. The highest BCUT2D eigenvalue weighted by atomic mass is 127. The van der Waals surface area contributed by atoms with Crippen LogP contribution >= 0.6 is 24.0 Å². The Kier molecular flexibility index (Phi) is 10.5. The Bertz CT molecular complexity index is 345. The van der Waals surface area contributed by atoms with Crippen molar-refractivity contribution in [2.24, 2.45) is 16.3 Å². The van der Waals surface area contributed by atoms with Crippen LogP contribution < -0.4 is 10.6 Å². The molecular formula is C17H34IN3O2. The maximum absolute atomic E-state index is 5.64. The summed E-state index contributed by atoms with van der Waals surface area (Å²) in [5.41, 5.74) is 0.445. The molecule has 0 unspecified atom stereocenters. The van der Waals surface area contributed by atoms with Gasteiger partial charge in [-0.3, -0.25) is 4.99 Å². The molecule has 0 aromatic rings. The maximum atomic E-state index is 5.64. The van der Waals surface area contributed by atoms with E-state index in [4.69, 9.17) is 9.47 Å². The summed E-state index contributed by atoms with van der Waals surface area (Å²) in [6.45, 7) is 7.46. The summed E-state index contributed by atoms with van der Waals surface area (Å²) in [4.78, 5) is 4.29. The minimum atomic E-state index is 0. The van der Waals surface area contributed by atoms with Gasteiger partial charge in [0.15, 0.2) is 5.96 Å². The number of ether oxygens (including phenoxy) is 2. The number of rotatable bonds is 12. The lowest BCUT2D eigenvalue weighted by molar-refractivity contribution is 0.122. The molecule has 136 valence electrons. The van der Waals surface area contributed by atoms with Crippen molar-refractivity contribution in [3.8, 4) is 0 Å². The fourth-order valence-corrected chi connectivity index (χ4v) is 2.53. The van der Waals surface area contributed by atoms with E-state index in [0.717, 1.165) is 64.2 Å². The Morgan fingerprint density at radius 2 is 1.96 bits per heavy atom. The summed E-state index contributed by atoms with van der Waals surface area (Å²) in [6.07, 6.45) is 7.51. The first-order valence-electron chi connectivity index (χ1n) is 8.88. The van der Waals surface area contributed by atoms with Crippen LogP contribution in [0.3, 0.4) is 0 Å². The highest BCUT2D eigenvalue weighted by molar-refractivity contribution is 14.0. The molecule has 0 aliphatic heterocycles. The van der Waals surface area contributed by atoms with Crippen LogP contribution in [0, 0.1) is 11.3 Å². The predicted molar refractivity (Wildman–Crippen MR) is 106 cm³/mol. The molecule has 2 fully saturated rings. The molecule has 2 aliphatic rings. The van der Waals surface area contributed by atoms with Crippen molar-refractivity contribution in [3.63, 3.8) is 0 Å². The van der Waals surface area contributed by atoms with Gasteiger partial charge in [-0.05, 0) is 56.8 Å². The van der Waals surface area contributed by atoms with Gasteiger partial charge in [-0.1, -0.05) is 0 Å². The molecular weight excluding hydrogens is 405 g/mol. The molecule has 0 bridgehead atoms. The Morgan fingerprint density at radius 1 is 1.17 bits per heavy atom. The highest BCUT2D eigenvalue weighted by Crippen LogP contribution is 2.48. The first kappa shape index (κ1) is 21.0. The van der Waals surface area contributed by atoms with Crippen molar-refractivity contribution in [1.82, 2.24) is 10.6 Å². The lowest BCUT2D eigenvalue weighted by Crippen LogP contribution is -2.41. The van der Waals surface area contributed by atoms with Gasteiger partial charge in [-0.2, -0.15) is 0 Å². The van der Waals surface area contributed by atoms with Crippen LogP contribution in [0.2, 0.25) is 0 Å². The van der Waals surface area contributed by atoms with Crippen molar-refractivity contribution in [2.75, 3.05) is 46.6 Å². The quantitative estimate of drug-likeness (QED) is 0.213. The van der Waals surface area contributed by atoms with Gasteiger partial charge in [0.1, 0.15) is 0 Å². The van der Waals surface area contributed by atoms with Crippen LogP contribution in [0.4, 0.5) is 0 Å². The van der Waals surface area contributed by atoms with Crippen molar-refractivity contribution in [2.45, 2.75) is 45.4 Å². The maximum Gasteiger partial charge on any atom is 0.190 e. The second-order valence-electron chi connectivity index (χ2n) is 6.67. The zero-order valence-corrected chi connectivity index (χ0v) is 17.1. The van der Waals surface area contributed by atoms with Crippen molar-refractivity contribution >= 4 is 29.9 Å². The molecule has 2 rings (SSSR count). The normalized spacial score (nSPS) is 19.1. The number of guanidine groups is 1. The van der Waals surface area contributed by atoms with E-state index in [1.165, 1.54) is 25.7 Å². The summed E-state index contributed by atoms with van der Waals surface area (Å²) < 4.78 is 11.1. The summed E-state index contributed by atoms with van der Waals surface area (Å²) in [5.74, 6) is 1.76. The topological polar surface area (TPSA) is 54.9 Å². The number of nitrogens with one attached hydrogen (secondary N) is 2. The van der Waals surface area contributed by atoms with Crippen LogP contribution in [0.1, 0.15) is 45.4 Å². The van der Waals surface area contributed by atoms with E-state index in [1.807, 2.05) is 7.05 Å². The van der Waals surface area contributed by atoms with Crippen LogP contribution in [-0.4, -0.2) is 52.5 Å². The molecule has 0 spiro atoms. The Morgan fingerprint density at radius 3 is 2.57 bits per heavy atom. The van der Waals surface area contributed by atoms with Crippen molar-refractivity contribution < 1.29 is 9.47 Å².